The lowest BCUT2D eigenvalue weighted by Gasteiger charge is -2.31. The lowest BCUT2D eigenvalue weighted by atomic mass is 9.94. The Morgan fingerprint density at radius 2 is 1.93 bits per heavy atom. The Kier molecular flexibility index (Phi) is 6.94. The highest BCUT2D eigenvalue weighted by atomic mass is 35.5. The SMILES string of the molecule is COC(=O)[C@H]1Cc2ccccc2C[NH+]1CC(=O)NCCc1ccc(Cl)cc1Cl. The van der Waals surface area contributed by atoms with E-state index in [2.05, 4.69) is 5.32 Å². The van der Waals surface area contributed by atoms with Crippen molar-refractivity contribution in [3.05, 3.63) is 69.2 Å². The first-order valence-electron chi connectivity index (χ1n) is 9.17. The van der Waals surface area contributed by atoms with Gasteiger partial charge < -0.3 is 15.0 Å². The molecule has 1 amide bonds. The molecule has 1 aliphatic heterocycles. The summed E-state index contributed by atoms with van der Waals surface area (Å²) in [5.74, 6) is -0.390. The van der Waals surface area contributed by atoms with Gasteiger partial charge in [0.05, 0.1) is 7.11 Å². The van der Waals surface area contributed by atoms with Crippen LogP contribution in [0.3, 0.4) is 0 Å². The number of nitrogens with one attached hydrogen (secondary N) is 2. The maximum atomic E-state index is 12.5. The zero-order chi connectivity index (χ0) is 20.1. The average Bonchev–Trinajstić information content (AvgIpc) is 2.68. The normalized spacial score (nSPS) is 18.2. The monoisotopic (exact) mass is 421 g/mol. The molecule has 2 aromatic rings. The minimum absolute atomic E-state index is 0.103. The van der Waals surface area contributed by atoms with Crippen molar-refractivity contribution in [3.63, 3.8) is 0 Å². The number of amides is 1. The van der Waals surface area contributed by atoms with Gasteiger partial charge in [0.15, 0.2) is 12.6 Å². The van der Waals surface area contributed by atoms with E-state index in [9.17, 15) is 9.59 Å². The van der Waals surface area contributed by atoms with Crippen LogP contribution in [0.1, 0.15) is 16.7 Å². The van der Waals surface area contributed by atoms with E-state index in [1.807, 2.05) is 30.3 Å². The molecule has 0 radical (unpaired) electrons. The number of benzene rings is 2. The van der Waals surface area contributed by atoms with Crippen molar-refractivity contribution in [2.75, 3.05) is 20.2 Å². The minimum atomic E-state index is -0.378. The van der Waals surface area contributed by atoms with Crippen LogP contribution in [0.5, 0.6) is 0 Å². The van der Waals surface area contributed by atoms with Crippen molar-refractivity contribution in [1.29, 1.82) is 0 Å². The summed E-state index contributed by atoms with van der Waals surface area (Å²) in [7, 11) is 1.39. The molecule has 28 heavy (non-hydrogen) atoms. The molecule has 148 valence electrons. The second kappa shape index (κ2) is 9.41. The lowest BCUT2D eigenvalue weighted by Crippen LogP contribution is -3.17. The molecule has 0 bridgehead atoms. The fraction of sp³-hybridized carbons (Fsp3) is 0.333. The highest BCUT2D eigenvalue weighted by Gasteiger charge is 2.36. The molecule has 2 atom stereocenters. The second-order valence-electron chi connectivity index (χ2n) is 6.90. The molecule has 1 heterocycles. The molecule has 5 nitrogen and oxygen atoms in total. The summed E-state index contributed by atoms with van der Waals surface area (Å²) in [6.45, 7) is 1.29. The zero-order valence-corrected chi connectivity index (χ0v) is 17.1. The molecular formula is C21H23Cl2N2O3+. The number of ether oxygens (including phenoxy) is 1. The summed E-state index contributed by atoms with van der Waals surface area (Å²) in [5, 5.41) is 4.09. The molecule has 0 saturated heterocycles. The van der Waals surface area contributed by atoms with Crippen molar-refractivity contribution >= 4 is 35.1 Å². The molecule has 2 N–H and O–H groups in total. The first-order chi connectivity index (χ1) is 13.5. The Labute approximate surface area is 174 Å². The Morgan fingerprint density at radius 3 is 2.64 bits per heavy atom. The van der Waals surface area contributed by atoms with Crippen molar-refractivity contribution in [1.82, 2.24) is 5.32 Å². The number of carbonyl (C=O) groups excluding carboxylic acids is 2. The van der Waals surface area contributed by atoms with Gasteiger partial charge >= 0.3 is 5.97 Å². The number of hydrogen-bond acceptors (Lipinski definition) is 3. The van der Waals surface area contributed by atoms with Gasteiger partial charge in [0.1, 0.15) is 6.54 Å². The lowest BCUT2D eigenvalue weighted by molar-refractivity contribution is -0.924. The van der Waals surface area contributed by atoms with Crippen molar-refractivity contribution in [3.8, 4) is 0 Å². The third-order valence-electron chi connectivity index (χ3n) is 5.06. The highest BCUT2D eigenvalue weighted by Crippen LogP contribution is 2.21. The van der Waals surface area contributed by atoms with Crippen LogP contribution in [0.4, 0.5) is 0 Å². The highest BCUT2D eigenvalue weighted by molar-refractivity contribution is 6.35. The van der Waals surface area contributed by atoms with Gasteiger partial charge in [-0.2, -0.15) is 0 Å². The average molecular weight is 422 g/mol. The molecule has 1 unspecified atom stereocenters. The fourth-order valence-corrected chi connectivity index (χ4v) is 4.07. The minimum Gasteiger partial charge on any atom is -0.465 e. The molecule has 2 aromatic carbocycles. The van der Waals surface area contributed by atoms with E-state index in [1.165, 1.54) is 12.7 Å². The van der Waals surface area contributed by atoms with Gasteiger partial charge in [-0.15, -0.1) is 0 Å². The molecule has 0 spiro atoms. The van der Waals surface area contributed by atoms with Gasteiger partial charge in [-0.3, -0.25) is 4.79 Å². The number of methoxy groups -OCH3 is 1. The molecule has 0 fully saturated rings. The predicted octanol–water partition coefficient (Wildman–Crippen LogP) is 1.83. The summed E-state index contributed by atoms with van der Waals surface area (Å²) in [6, 6.07) is 13.0. The number of carbonyl (C=O) groups is 2. The summed E-state index contributed by atoms with van der Waals surface area (Å²) < 4.78 is 4.96. The summed E-state index contributed by atoms with van der Waals surface area (Å²) in [4.78, 5) is 25.6. The van der Waals surface area contributed by atoms with E-state index in [4.69, 9.17) is 27.9 Å². The van der Waals surface area contributed by atoms with Crippen LogP contribution >= 0.6 is 23.2 Å². The molecule has 0 aromatic heterocycles. The first kappa shape index (κ1) is 20.6. The van der Waals surface area contributed by atoms with Crippen LogP contribution in [-0.2, 0) is 33.7 Å². The van der Waals surface area contributed by atoms with Gasteiger partial charge in [0.25, 0.3) is 5.91 Å². The van der Waals surface area contributed by atoms with Crippen LogP contribution in [-0.4, -0.2) is 38.1 Å². The number of esters is 1. The van der Waals surface area contributed by atoms with E-state index in [-0.39, 0.29) is 24.5 Å². The molecule has 3 rings (SSSR count). The quantitative estimate of drug-likeness (QED) is 0.699. The summed E-state index contributed by atoms with van der Waals surface area (Å²) >= 11 is 12.1. The smallest absolute Gasteiger partial charge is 0.365 e. The predicted molar refractivity (Wildman–Crippen MR) is 109 cm³/mol. The van der Waals surface area contributed by atoms with Gasteiger partial charge in [-0.1, -0.05) is 53.5 Å². The largest absolute Gasteiger partial charge is 0.465 e. The van der Waals surface area contributed by atoms with Crippen molar-refractivity contribution in [2.45, 2.75) is 25.4 Å². The van der Waals surface area contributed by atoms with Gasteiger partial charge in [-0.25, -0.2) is 4.79 Å². The maximum absolute atomic E-state index is 12.5. The third-order valence-corrected chi connectivity index (χ3v) is 5.64. The molecule has 0 saturated carbocycles. The molecular weight excluding hydrogens is 399 g/mol. The van der Waals surface area contributed by atoms with E-state index in [0.717, 1.165) is 16.0 Å². The van der Waals surface area contributed by atoms with E-state index in [1.54, 1.807) is 12.1 Å². The van der Waals surface area contributed by atoms with Gasteiger partial charge in [0.2, 0.25) is 0 Å². The number of hydrogen-bond donors (Lipinski definition) is 2. The number of quaternary nitrogens is 1. The third kappa shape index (κ3) is 5.04. The van der Waals surface area contributed by atoms with Crippen molar-refractivity contribution in [2.24, 2.45) is 0 Å². The maximum Gasteiger partial charge on any atom is 0.365 e. The van der Waals surface area contributed by atoms with Crippen LogP contribution < -0.4 is 10.2 Å². The Bertz CT molecular complexity index is 872. The Hall–Kier alpha value is -2.08. The van der Waals surface area contributed by atoms with Crippen molar-refractivity contribution < 1.29 is 19.2 Å². The Morgan fingerprint density at radius 1 is 1.18 bits per heavy atom. The molecule has 7 heteroatoms. The summed E-state index contributed by atoms with van der Waals surface area (Å²) in [6.07, 6.45) is 1.19. The van der Waals surface area contributed by atoms with Crippen LogP contribution in [0.2, 0.25) is 10.0 Å². The van der Waals surface area contributed by atoms with Crippen LogP contribution in [0.25, 0.3) is 0 Å². The zero-order valence-electron chi connectivity index (χ0n) is 15.6. The van der Waals surface area contributed by atoms with E-state index in [0.29, 0.717) is 36.0 Å². The standard InChI is InChI=1S/C21H22Cl2N2O3/c1-28-21(27)19-10-15-4-2-3-5-16(15)12-25(19)13-20(26)24-9-8-14-6-7-17(22)11-18(14)23/h2-7,11,19H,8-10,12-13H2,1H3,(H,24,26)/p+1/t19-/m1/s1. The topological polar surface area (TPSA) is 59.8 Å². The first-order valence-corrected chi connectivity index (χ1v) is 9.93. The van der Waals surface area contributed by atoms with Crippen LogP contribution in [0, 0.1) is 0 Å². The van der Waals surface area contributed by atoms with E-state index < -0.39 is 0 Å². The number of fused-ring (bicyclic) bond motifs is 1. The molecule has 0 aliphatic carbocycles. The number of rotatable bonds is 6. The number of halogens is 2. The molecule has 1 aliphatic rings. The second-order valence-corrected chi connectivity index (χ2v) is 7.74. The van der Waals surface area contributed by atoms with Gasteiger partial charge in [0, 0.05) is 28.6 Å². The van der Waals surface area contributed by atoms with E-state index >= 15 is 0 Å². The summed E-state index contributed by atoms with van der Waals surface area (Å²) in [5.41, 5.74) is 3.23. The Balaban J connectivity index is 1.59. The van der Waals surface area contributed by atoms with Gasteiger partial charge in [-0.05, 0) is 29.7 Å². The fourth-order valence-electron chi connectivity index (χ4n) is 3.57. The van der Waals surface area contributed by atoms with Crippen LogP contribution in [0.15, 0.2) is 42.5 Å².